The van der Waals surface area contributed by atoms with Crippen molar-refractivity contribution in [2.75, 3.05) is 35.6 Å². The number of morpholine rings is 1. The molecule has 182 valence electrons. The summed E-state index contributed by atoms with van der Waals surface area (Å²) < 4.78 is 12.6. The summed E-state index contributed by atoms with van der Waals surface area (Å²) in [5, 5.41) is 3.42. The third-order valence-corrected chi connectivity index (χ3v) is 7.41. The summed E-state index contributed by atoms with van der Waals surface area (Å²) in [6.45, 7) is 2.53. The highest BCUT2D eigenvalue weighted by Gasteiger charge is 2.29. The SMILES string of the molecule is Nc1ncccc1CNc1ccc2c(c1)Sc1cccc(C3CN(c4cc[nH]c(=O)c4)CCO3)c1O2. The Hall–Kier alpha value is -3.95. The Morgan fingerprint density at radius 2 is 2.08 bits per heavy atom. The fourth-order valence-electron chi connectivity index (χ4n) is 4.49. The molecule has 1 saturated heterocycles. The third kappa shape index (κ3) is 4.50. The number of rotatable bonds is 5. The van der Waals surface area contributed by atoms with Gasteiger partial charge in [-0.25, -0.2) is 4.98 Å². The fourth-order valence-corrected chi connectivity index (χ4v) is 5.52. The predicted octanol–water partition coefficient (Wildman–Crippen LogP) is 4.80. The number of benzene rings is 2. The molecule has 0 bridgehead atoms. The maximum atomic E-state index is 11.8. The van der Waals surface area contributed by atoms with Crippen molar-refractivity contribution in [3.8, 4) is 11.5 Å². The van der Waals surface area contributed by atoms with Crippen LogP contribution in [0.1, 0.15) is 17.2 Å². The van der Waals surface area contributed by atoms with E-state index in [2.05, 4.69) is 38.4 Å². The molecule has 6 rings (SSSR count). The number of nitrogens with zero attached hydrogens (tertiary/aromatic N) is 2. The molecule has 0 saturated carbocycles. The average molecular weight is 500 g/mol. The van der Waals surface area contributed by atoms with E-state index in [0.29, 0.717) is 25.5 Å². The largest absolute Gasteiger partial charge is 0.455 e. The van der Waals surface area contributed by atoms with Crippen LogP contribution in [0.3, 0.4) is 0 Å². The van der Waals surface area contributed by atoms with Gasteiger partial charge in [0.2, 0.25) is 5.56 Å². The first-order valence-electron chi connectivity index (χ1n) is 11.8. The van der Waals surface area contributed by atoms with E-state index in [-0.39, 0.29) is 11.7 Å². The Balaban J connectivity index is 1.21. The van der Waals surface area contributed by atoms with Crippen molar-refractivity contribution in [2.24, 2.45) is 0 Å². The summed E-state index contributed by atoms with van der Waals surface area (Å²) >= 11 is 1.68. The zero-order valence-corrected chi connectivity index (χ0v) is 20.3. The second-order valence-corrected chi connectivity index (χ2v) is 9.74. The first kappa shape index (κ1) is 22.5. The molecule has 9 heteroatoms. The van der Waals surface area contributed by atoms with Crippen LogP contribution in [0, 0.1) is 0 Å². The molecule has 2 aliphatic rings. The quantitative estimate of drug-likeness (QED) is 0.317. The first-order valence-corrected chi connectivity index (χ1v) is 12.6. The highest BCUT2D eigenvalue weighted by molar-refractivity contribution is 7.99. The van der Waals surface area contributed by atoms with Crippen LogP contribution in [0.4, 0.5) is 17.2 Å². The number of nitrogens with two attached hydrogens (primary N) is 1. The van der Waals surface area contributed by atoms with Gasteiger partial charge in [0.25, 0.3) is 0 Å². The average Bonchev–Trinajstić information content (AvgIpc) is 2.91. The van der Waals surface area contributed by atoms with Gasteiger partial charge in [-0.05, 0) is 36.4 Å². The zero-order valence-electron chi connectivity index (χ0n) is 19.4. The molecule has 0 aliphatic carbocycles. The maximum absolute atomic E-state index is 11.8. The van der Waals surface area contributed by atoms with E-state index in [4.69, 9.17) is 15.2 Å². The topological polar surface area (TPSA) is 106 Å². The zero-order chi connectivity index (χ0) is 24.5. The lowest BCUT2D eigenvalue weighted by Crippen LogP contribution is -2.39. The van der Waals surface area contributed by atoms with Crippen LogP contribution >= 0.6 is 11.8 Å². The molecule has 4 N–H and O–H groups in total. The predicted molar refractivity (Wildman–Crippen MR) is 141 cm³/mol. The molecule has 2 aromatic carbocycles. The minimum atomic E-state index is -0.166. The number of hydrogen-bond acceptors (Lipinski definition) is 8. The molecule has 1 unspecified atom stereocenters. The van der Waals surface area contributed by atoms with Crippen molar-refractivity contribution in [1.82, 2.24) is 9.97 Å². The van der Waals surface area contributed by atoms with Crippen molar-refractivity contribution in [2.45, 2.75) is 22.4 Å². The van der Waals surface area contributed by atoms with Crippen molar-refractivity contribution in [1.29, 1.82) is 0 Å². The molecule has 0 amide bonds. The van der Waals surface area contributed by atoms with Crippen molar-refractivity contribution in [3.05, 3.63) is 94.5 Å². The Labute approximate surface area is 212 Å². The molecule has 0 radical (unpaired) electrons. The van der Waals surface area contributed by atoms with Crippen LogP contribution in [0.2, 0.25) is 0 Å². The van der Waals surface area contributed by atoms with E-state index in [1.807, 2.05) is 36.4 Å². The molecular formula is C27H25N5O3S. The van der Waals surface area contributed by atoms with Crippen molar-refractivity contribution >= 4 is 29.0 Å². The molecule has 2 aliphatic heterocycles. The van der Waals surface area contributed by atoms with E-state index in [1.165, 1.54) is 0 Å². The maximum Gasteiger partial charge on any atom is 0.249 e. The van der Waals surface area contributed by atoms with Gasteiger partial charge in [-0.1, -0.05) is 30.0 Å². The molecule has 0 spiro atoms. The number of nitrogen functional groups attached to an aromatic ring is 1. The molecule has 4 heterocycles. The fraction of sp³-hybridized carbons (Fsp3) is 0.185. The van der Waals surface area contributed by atoms with Crippen LogP contribution in [-0.4, -0.2) is 29.7 Å². The van der Waals surface area contributed by atoms with Crippen molar-refractivity contribution in [3.63, 3.8) is 0 Å². The standard InChI is InChI=1S/C27H25N5O3S/c28-27-17(3-2-9-30-27)15-31-18-6-7-21-24(13-18)36-23-5-1-4-20(26(23)35-21)22-16-32(11-12-34-22)19-8-10-29-25(33)14-19/h1-10,13-14,22,31H,11-12,15-16H2,(H2,28,30)(H,29,33). The van der Waals surface area contributed by atoms with Crippen LogP contribution in [0.5, 0.6) is 11.5 Å². The first-order chi connectivity index (χ1) is 17.6. The lowest BCUT2D eigenvalue weighted by molar-refractivity contribution is 0.0383. The van der Waals surface area contributed by atoms with Gasteiger partial charge < -0.3 is 30.4 Å². The lowest BCUT2D eigenvalue weighted by atomic mass is 10.1. The van der Waals surface area contributed by atoms with Crippen LogP contribution in [0.25, 0.3) is 0 Å². The van der Waals surface area contributed by atoms with E-state index < -0.39 is 0 Å². The monoisotopic (exact) mass is 499 g/mol. The van der Waals surface area contributed by atoms with E-state index >= 15 is 0 Å². The number of aromatic amines is 1. The van der Waals surface area contributed by atoms with Gasteiger partial charge >= 0.3 is 0 Å². The van der Waals surface area contributed by atoms with E-state index in [9.17, 15) is 4.79 Å². The van der Waals surface area contributed by atoms with Gasteiger partial charge in [0.1, 0.15) is 23.4 Å². The van der Waals surface area contributed by atoms with E-state index in [0.717, 1.165) is 50.3 Å². The minimum Gasteiger partial charge on any atom is -0.455 e. The highest BCUT2D eigenvalue weighted by Crippen LogP contribution is 2.50. The summed E-state index contributed by atoms with van der Waals surface area (Å²) in [7, 11) is 0. The Morgan fingerprint density at radius 3 is 2.97 bits per heavy atom. The highest BCUT2D eigenvalue weighted by atomic mass is 32.2. The number of H-pyrrole nitrogens is 1. The van der Waals surface area contributed by atoms with Crippen LogP contribution in [0.15, 0.2) is 87.6 Å². The molecule has 4 aromatic rings. The van der Waals surface area contributed by atoms with Gasteiger partial charge in [-0.3, -0.25) is 4.79 Å². The number of anilines is 3. The van der Waals surface area contributed by atoms with Gasteiger partial charge in [0.05, 0.1) is 16.4 Å². The number of aromatic nitrogens is 2. The molecule has 36 heavy (non-hydrogen) atoms. The summed E-state index contributed by atoms with van der Waals surface area (Å²) in [6.07, 6.45) is 3.20. The van der Waals surface area contributed by atoms with Gasteiger partial charge in [-0.2, -0.15) is 0 Å². The Kier molecular flexibility index (Phi) is 6.00. The molecule has 1 fully saturated rings. The Morgan fingerprint density at radius 1 is 1.14 bits per heavy atom. The normalized spacial score (nSPS) is 16.6. The minimum absolute atomic E-state index is 0.110. The summed E-state index contributed by atoms with van der Waals surface area (Å²) in [6, 6.07) is 19.6. The number of fused-ring (bicyclic) bond motifs is 2. The summed E-state index contributed by atoms with van der Waals surface area (Å²) in [4.78, 5) is 22.9. The van der Waals surface area contributed by atoms with Gasteiger partial charge in [0.15, 0.2) is 0 Å². The number of para-hydroxylation sites is 1. The van der Waals surface area contributed by atoms with Crippen LogP contribution in [-0.2, 0) is 11.3 Å². The van der Waals surface area contributed by atoms with Crippen molar-refractivity contribution < 1.29 is 9.47 Å². The van der Waals surface area contributed by atoms with Crippen LogP contribution < -0.4 is 26.2 Å². The summed E-state index contributed by atoms with van der Waals surface area (Å²) in [5.74, 6) is 2.18. The number of nitrogens with one attached hydrogen (secondary N) is 2. The molecule has 2 aromatic heterocycles. The number of pyridine rings is 2. The second-order valence-electron chi connectivity index (χ2n) is 8.66. The Bertz CT molecular complexity index is 1470. The summed E-state index contributed by atoms with van der Waals surface area (Å²) in [5.41, 5.74) is 9.70. The number of ether oxygens (including phenoxy) is 2. The van der Waals surface area contributed by atoms with Gasteiger partial charge in [-0.15, -0.1) is 0 Å². The second kappa shape index (κ2) is 9.60. The third-order valence-electron chi connectivity index (χ3n) is 6.33. The molecule has 8 nitrogen and oxygen atoms in total. The van der Waals surface area contributed by atoms with E-state index in [1.54, 1.807) is 30.2 Å². The lowest BCUT2D eigenvalue weighted by Gasteiger charge is -2.35. The molecule has 1 atom stereocenters. The number of hydrogen-bond donors (Lipinski definition) is 3. The molecular weight excluding hydrogens is 474 g/mol. The smallest absolute Gasteiger partial charge is 0.249 e. The van der Waals surface area contributed by atoms with Gasteiger partial charge in [0, 0.05) is 60.6 Å².